The summed E-state index contributed by atoms with van der Waals surface area (Å²) < 4.78 is 34.1. The van der Waals surface area contributed by atoms with Gasteiger partial charge in [-0.1, -0.05) is 0 Å². The Morgan fingerprint density at radius 1 is 1.30 bits per heavy atom. The van der Waals surface area contributed by atoms with Crippen LogP contribution in [-0.4, -0.2) is 54.1 Å². The highest BCUT2D eigenvalue weighted by Crippen LogP contribution is 2.21. The van der Waals surface area contributed by atoms with E-state index in [-0.39, 0.29) is 5.69 Å². The predicted octanol–water partition coefficient (Wildman–Crippen LogP) is 2.97. The Labute approximate surface area is 159 Å². The molecule has 3 rings (SSSR count). The van der Waals surface area contributed by atoms with Gasteiger partial charge in [0.15, 0.2) is 5.82 Å². The zero-order valence-corrected chi connectivity index (χ0v) is 16.3. The number of methoxy groups -OCH3 is 1. The quantitative estimate of drug-likeness (QED) is 0.767. The second-order valence-corrected chi connectivity index (χ2v) is 7.11. The van der Waals surface area contributed by atoms with E-state index in [2.05, 4.69) is 15.3 Å². The van der Waals surface area contributed by atoms with Crippen molar-refractivity contribution in [2.24, 2.45) is 0 Å². The number of hydrogen-bond acceptors (Lipinski definition) is 4. The lowest BCUT2D eigenvalue weighted by Gasteiger charge is -2.24. The molecule has 7 heteroatoms. The van der Waals surface area contributed by atoms with E-state index in [4.69, 9.17) is 4.74 Å². The second-order valence-electron chi connectivity index (χ2n) is 7.11. The predicted molar refractivity (Wildman–Crippen MR) is 101 cm³/mol. The molecule has 1 atom stereocenters. The molecule has 1 aliphatic heterocycles. The highest BCUT2D eigenvalue weighted by molar-refractivity contribution is 5.38. The topological polar surface area (TPSA) is 42.3 Å². The van der Waals surface area contributed by atoms with Crippen LogP contribution in [-0.2, 0) is 11.3 Å². The fraction of sp³-hybridized carbons (Fsp3) is 0.550. The van der Waals surface area contributed by atoms with Crippen LogP contribution < -0.4 is 5.32 Å². The largest absolute Gasteiger partial charge is 0.383 e. The highest BCUT2D eigenvalue weighted by atomic mass is 19.1. The van der Waals surface area contributed by atoms with E-state index in [0.29, 0.717) is 12.6 Å². The number of hydrogen-bond donors (Lipinski definition) is 1. The van der Waals surface area contributed by atoms with E-state index in [9.17, 15) is 8.78 Å². The van der Waals surface area contributed by atoms with Crippen LogP contribution in [0.5, 0.6) is 0 Å². The van der Waals surface area contributed by atoms with Crippen molar-refractivity contribution in [3.05, 3.63) is 46.8 Å². The molecular formula is C20H28F2N4O. The fourth-order valence-corrected chi connectivity index (χ4v) is 3.81. The molecule has 1 saturated heterocycles. The number of halogens is 2. The average Bonchev–Trinajstić information content (AvgIpc) is 3.19. The van der Waals surface area contributed by atoms with E-state index in [1.807, 2.05) is 13.8 Å². The molecule has 0 bridgehead atoms. The van der Waals surface area contributed by atoms with Gasteiger partial charge < -0.3 is 10.1 Å². The smallest absolute Gasteiger partial charge is 0.151 e. The molecule has 0 amide bonds. The lowest BCUT2D eigenvalue weighted by molar-refractivity contribution is 0.140. The number of ether oxygens (including phenoxy) is 1. The van der Waals surface area contributed by atoms with E-state index >= 15 is 0 Å². The summed E-state index contributed by atoms with van der Waals surface area (Å²) in [6, 6.07) is 4.08. The monoisotopic (exact) mass is 378 g/mol. The Bertz CT molecular complexity index is 778. The third-order valence-corrected chi connectivity index (χ3v) is 5.34. The van der Waals surface area contributed by atoms with E-state index < -0.39 is 11.6 Å². The second kappa shape index (κ2) is 8.91. The molecule has 0 spiro atoms. The van der Waals surface area contributed by atoms with Crippen molar-refractivity contribution in [3.8, 4) is 5.69 Å². The number of aryl methyl sites for hydroxylation is 1. The first-order valence-corrected chi connectivity index (χ1v) is 9.45. The van der Waals surface area contributed by atoms with Crippen LogP contribution in [0.4, 0.5) is 8.78 Å². The van der Waals surface area contributed by atoms with E-state index in [0.717, 1.165) is 49.3 Å². The average molecular weight is 378 g/mol. The number of nitrogens with zero attached hydrogens (tertiary/aromatic N) is 3. The minimum Gasteiger partial charge on any atom is -0.383 e. The number of rotatable bonds is 8. The van der Waals surface area contributed by atoms with Gasteiger partial charge in [0.25, 0.3) is 0 Å². The molecule has 27 heavy (non-hydrogen) atoms. The van der Waals surface area contributed by atoms with Gasteiger partial charge in [0.05, 0.1) is 12.3 Å². The van der Waals surface area contributed by atoms with Crippen LogP contribution in [0.25, 0.3) is 5.69 Å². The molecule has 1 aromatic heterocycles. The Kier molecular flexibility index (Phi) is 6.57. The molecule has 0 saturated carbocycles. The summed E-state index contributed by atoms with van der Waals surface area (Å²) in [4.78, 5) is 2.47. The van der Waals surface area contributed by atoms with Gasteiger partial charge in [0.1, 0.15) is 11.5 Å². The normalized spacial score (nSPS) is 17.7. The Morgan fingerprint density at radius 2 is 2.11 bits per heavy atom. The molecule has 1 aliphatic rings. The zero-order chi connectivity index (χ0) is 19.4. The third kappa shape index (κ3) is 4.54. The maximum atomic E-state index is 14.1. The van der Waals surface area contributed by atoms with Gasteiger partial charge in [-0.2, -0.15) is 5.10 Å². The minimum atomic E-state index is -0.611. The van der Waals surface area contributed by atoms with Crippen LogP contribution in [0.2, 0.25) is 0 Å². The van der Waals surface area contributed by atoms with Crippen molar-refractivity contribution in [2.75, 3.05) is 33.4 Å². The molecule has 2 heterocycles. The fourth-order valence-electron chi connectivity index (χ4n) is 3.81. The molecular weight excluding hydrogens is 350 g/mol. The summed E-state index contributed by atoms with van der Waals surface area (Å²) in [5.41, 5.74) is 3.05. The lowest BCUT2D eigenvalue weighted by atomic mass is 10.1. The zero-order valence-electron chi connectivity index (χ0n) is 16.3. The van der Waals surface area contributed by atoms with E-state index in [1.165, 1.54) is 25.0 Å². The molecule has 0 aliphatic carbocycles. The van der Waals surface area contributed by atoms with Gasteiger partial charge in [-0.05, 0) is 45.4 Å². The van der Waals surface area contributed by atoms with Crippen LogP contribution in [0, 0.1) is 25.5 Å². The standard InChI is InChI=1S/C20H28F2N4O/c1-14-18(13-23-12-17-5-4-8-25(17)9-10-27-3)15(2)26(24-14)20-7-6-16(21)11-19(20)22/h6-7,11,17,23H,4-5,8-10,12-13H2,1-3H3. The molecule has 148 valence electrons. The first kappa shape index (κ1) is 19.9. The maximum absolute atomic E-state index is 14.1. The van der Waals surface area contributed by atoms with Gasteiger partial charge in [-0.15, -0.1) is 0 Å². The summed E-state index contributed by atoms with van der Waals surface area (Å²) in [6.07, 6.45) is 2.41. The Balaban J connectivity index is 1.65. The van der Waals surface area contributed by atoms with Crippen molar-refractivity contribution >= 4 is 0 Å². The van der Waals surface area contributed by atoms with Crippen LogP contribution in [0.15, 0.2) is 18.2 Å². The molecule has 5 nitrogen and oxygen atoms in total. The first-order chi connectivity index (χ1) is 13.0. The summed E-state index contributed by atoms with van der Waals surface area (Å²) in [6.45, 7) is 8.25. The van der Waals surface area contributed by atoms with Crippen LogP contribution in [0.1, 0.15) is 29.8 Å². The van der Waals surface area contributed by atoms with Gasteiger partial charge in [0, 0.05) is 50.1 Å². The molecule has 1 unspecified atom stereocenters. The van der Waals surface area contributed by atoms with Crippen LogP contribution in [0.3, 0.4) is 0 Å². The van der Waals surface area contributed by atoms with Gasteiger partial charge in [-0.25, -0.2) is 13.5 Å². The van der Waals surface area contributed by atoms with Gasteiger partial charge in [-0.3, -0.25) is 4.90 Å². The molecule has 0 radical (unpaired) electrons. The summed E-state index contributed by atoms with van der Waals surface area (Å²) in [5, 5.41) is 7.99. The number of likely N-dealkylation sites (tertiary alicyclic amines) is 1. The van der Waals surface area contributed by atoms with Crippen molar-refractivity contribution in [1.29, 1.82) is 0 Å². The van der Waals surface area contributed by atoms with Crippen LogP contribution >= 0.6 is 0 Å². The molecule has 2 aromatic rings. The van der Waals surface area contributed by atoms with E-state index in [1.54, 1.807) is 11.8 Å². The highest BCUT2D eigenvalue weighted by Gasteiger charge is 2.24. The summed E-state index contributed by atoms with van der Waals surface area (Å²) in [7, 11) is 1.73. The van der Waals surface area contributed by atoms with Crippen molar-refractivity contribution in [3.63, 3.8) is 0 Å². The maximum Gasteiger partial charge on any atom is 0.151 e. The van der Waals surface area contributed by atoms with Crippen molar-refractivity contribution in [1.82, 2.24) is 20.0 Å². The van der Waals surface area contributed by atoms with Gasteiger partial charge in [0.2, 0.25) is 0 Å². The third-order valence-electron chi connectivity index (χ3n) is 5.34. The summed E-state index contributed by atoms with van der Waals surface area (Å²) >= 11 is 0. The molecule has 1 aromatic carbocycles. The SMILES string of the molecule is COCCN1CCCC1CNCc1c(C)nn(-c2ccc(F)cc2F)c1C. The number of benzene rings is 1. The molecule has 1 fully saturated rings. The first-order valence-electron chi connectivity index (χ1n) is 9.45. The molecule has 1 N–H and O–H groups in total. The number of aromatic nitrogens is 2. The Morgan fingerprint density at radius 3 is 2.85 bits per heavy atom. The summed E-state index contributed by atoms with van der Waals surface area (Å²) in [5.74, 6) is -1.20. The van der Waals surface area contributed by atoms with Crippen molar-refractivity contribution < 1.29 is 13.5 Å². The van der Waals surface area contributed by atoms with Crippen molar-refractivity contribution in [2.45, 2.75) is 39.3 Å². The Hall–Kier alpha value is -1.83. The minimum absolute atomic E-state index is 0.268. The van der Waals surface area contributed by atoms with Gasteiger partial charge >= 0.3 is 0 Å². The lowest BCUT2D eigenvalue weighted by Crippen LogP contribution is -2.39. The number of nitrogens with one attached hydrogen (secondary N) is 1.